The lowest BCUT2D eigenvalue weighted by molar-refractivity contribution is -0.118. The summed E-state index contributed by atoms with van der Waals surface area (Å²) in [4.78, 5) is 23.0. The number of anilines is 2. The number of carbonyl (C=O) groups excluding carboxylic acids is 2. The summed E-state index contributed by atoms with van der Waals surface area (Å²) in [7, 11) is 1.51. The molecule has 0 aliphatic heterocycles. The van der Waals surface area contributed by atoms with Crippen LogP contribution in [0.3, 0.4) is 0 Å². The van der Waals surface area contributed by atoms with Crippen molar-refractivity contribution in [3.8, 4) is 5.75 Å². The molecule has 20 heavy (non-hydrogen) atoms. The van der Waals surface area contributed by atoms with E-state index in [2.05, 4.69) is 10.6 Å². The highest BCUT2D eigenvalue weighted by atomic mass is 16.5. The Kier molecular flexibility index (Phi) is 5.52. The van der Waals surface area contributed by atoms with Crippen LogP contribution in [0.5, 0.6) is 5.75 Å². The van der Waals surface area contributed by atoms with Gasteiger partial charge >= 0.3 is 0 Å². The zero-order valence-corrected chi connectivity index (χ0v) is 12.2. The summed E-state index contributed by atoms with van der Waals surface area (Å²) in [5, 5.41) is 5.36. The number of rotatable bonds is 5. The van der Waals surface area contributed by atoms with Crippen LogP contribution in [0, 0.1) is 5.92 Å². The van der Waals surface area contributed by atoms with Crippen molar-refractivity contribution >= 4 is 23.2 Å². The highest BCUT2D eigenvalue weighted by molar-refractivity contribution is 5.97. The summed E-state index contributed by atoms with van der Waals surface area (Å²) >= 11 is 0. The fourth-order valence-corrected chi connectivity index (χ4v) is 1.61. The van der Waals surface area contributed by atoms with Gasteiger partial charge in [0.2, 0.25) is 11.8 Å². The molecular formula is C14H21N3O3. The lowest BCUT2D eigenvalue weighted by Gasteiger charge is -2.17. The number of hydrogen-bond donors (Lipinski definition) is 3. The molecule has 0 aliphatic rings. The predicted octanol–water partition coefficient (Wildman–Crippen LogP) is 1.58. The van der Waals surface area contributed by atoms with E-state index in [-0.39, 0.29) is 17.7 Å². The Morgan fingerprint density at radius 1 is 1.25 bits per heavy atom. The van der Waals surface area contributed by atoms with Crippen LogP contribution in [-0.4, -0.2) is 25.0 Å². The number of amides is 2. The zero-order valence-electron chi connectivity index (χ0n) is 12.2. The highest BCUT2D eigenvalue weighted by Gasteiger charge is 2.18. The topological polar surface area (TPSA) is 93.5 Å². The van der Waals surface area contributed by atoms with Crippen molar-refractivity contribution in [1.82, 2.24) is 0 Å². The summed E-state index contributed by atoms with van der Waals surface area (Å²) in [5.41, 5.74) is 6.84. The monoisotopic (exact) mass is 279 g/mol. The molecule has 0 bridgehead atoms. The van der Waals surface area contributed by atoms with Crippen LogP contribution in [0.25, 0.3) is 0 Å². The van der Waals surface area contributed by atoms with Gasteiger partial charge in [-0.15, -0.1) is 0 Å². The van der Waals surface area contributed by atoms with Crippen molar-refractivity contribution in [2.45, 2.75) is 26.8 Å². The Morgan fingerprint density at radius 3 is 2.40 bits per heavy atom. The van der Waals surface area contributed by atoms with Crippen molar-refractivity contribution in [3.05, 3.63) is 18.2 Å². The second kappa shape index (κ2) is 6.91. The van der Waals surface area contributed by atoms with Gasteiger partial charge in [0, 0.05) is 12.6 Å². The smallest absolute Gasteiger partial charge is 0.241 e. The minimum atomic E-state index is -0.607. The zero-order chi connectivity index (χ0) is 15.3. The number of methoxy groups -OCH3 is 1. The van der Waals surface area contributed by atoms with Crippen LogP contribution in [0.15, 0.2) is 18.2 Å². The Bertz CT molecular complexity index is 500. The predicted molar refractivity (Wildman–Crippen MR) is 78.7 cm³/mol. The second-order valence-electron chi connectivity index (χ2n) is 4.86. The van der Waals surface area contributed by atoms with Gasteiger partial charge in [-0.05, 0) is 24.1 Å². The standard InChI is InChI=1S/C14H21N3O3/c1-8(2)13(15)14(19)17-11-7-10(16-9(3)18)5-6-12(11)20-4/h5-8,13H,15H2,1-4H3,(H,16,18)(H,17,19). The molecule has 4 N–H and O–H groups in total. The molecule has 0 radical (unpaired) electrons. The van der Waals surface area contributed by atoms with Gasteiger partial charge in [-0.1, -0.05) is 13.8 Å². The molecule has 0 aromatic heterocycles. The van der Waals surface area contributed by atoms with Crippen molar-refractivity contribution in [1.29, 1.82) is 0 Å². The summed E-state index contributed by atoms with van der Waals surface area (Å²) in [6.07, 6.45) is 0. The lowest BCUT2D eigenvalue weighted by Crippen LogP contribution is -2.39. The molecule has 2 amide bonds. The maximum Gasteiger partial charge on any atom is 0.241 e. The van der Waals surface area contributed by atoms with Crippen LogP contribution in [0.4, 0.5) is 11.4 Å². The van der Waals surface area contributed by atoms with E-state index >= 15 is 0 Å². The third-order valence-corrected chi connectivity index (χ3v) is 2.80. The van der Waals surface area contributed by atoms with Crippen molar-refractivity contribution < 1.29 is 14.3 Å². The minimum Gasteiger partial charge on any atom is -0.495 e. The lowest BCUT2D eigenvalue weighted by atomic mass is 10.0. The van der Waals surface area contributed by atoms with Gasteiger partial charge in [0.15, 0.2) is 0 Å². The fraction of sp³-hybridized carbons (Fsp3) is 0.429. The largest absolute Gasteiger partial charge is 0.495 e. The summed E-state index contributed by atoms with van der Waals surface area (Å²) in [6.45, 7) is 5.15. The van der Waals surface area contributed by atoms with Crippen LogP contribution >= 0.6 is 0 Å². The van der Waals surface area contributed by atoms with Gasteiger partial charge in [-0.2, -0.15) is 0 Å². The normalized spacial score (nSPS) is 11.9. The number of ether oxygens (including phenoxy) is 1. The molecule has 0 aliphatic carbocycles. The number of carbonyl (C=O) groups is 2. The van der Waals surface area contributed by atoms with E-state index in [1.165, 1.54) is 14.0 Å². The van der Waals surface area contributed by atoms with E-state index < -0.39 is 6.04 Å². The van der Waals surface area contributed by atoms with Gasteiger partial charge < -0.3 is 21.1 Å². The molecule has 1 rings (SSSR count). The molecule has 0 spiro atoms. The molecule has 6 heteroatoms. The molecule has 0 saturated heterocycles. The number of nitrogens with two attached hydrogens (primary N) is 1. The molecule has 0 fully saturated rings. The second-order valence-corrected chi connectivity index (χ2v) is 4.86. The first kappa shape index (κ1) is 16.0. The molecular weight excluding hydrogens is 258 g/mol. The van der Waals surface area contributed by atoms with Crippen LogP contribution in [0.1, 0.15) is 20.8 Å². The van der Waals surface area contributed by atoms with Gasteiger partial charge in [-0.3, -0.25) is 9.59 Å². The van der Waals surface area contributed by atoms with Crippen LogP contribution < -0.4 is 21.1 Å². The molecule has 1 unspecified atom stereocenters. The first-order chi connectivity index (χ1) is 9.35. The third-order valence-electron chi connectivity index (χ3n) is 2.80. The van der Waals surface area contributed by atoms with E-state index in [1.54, 1.807) is 18.2 Å². The Labute approximate surface area is 118 Å². The van der Waals surface area contributed by atoms with Crippen LogP contribution in [-0.2, 0) is 9.59 Å². The van der Waals surface area contributed by atoms with Crippen molar-refractivity contribution in [2.75, 3.05) is 17.7 Å². The first-order valence-electron chi connectivity index (χ1n) is 6.37. The van der Waals surface area contributed by atoms with E-state index in [0.29, 0.717) is 17.1 Å². The molecule has 0 saturated carbocycles. The third kappa shape index (κ3) is 4.24. The van der Waals surface area contributed by atoms with Gasteiger partial charge in [0.05, 0.1) is 18.8 Å². The molecule has 1 aromatic rings. The highest BCUT2D eigenvalue weighted by Crippen LogP contribution is 2.28. The molecule has 1 atom stereocenters. The molecule has 0 heterocycles. The quantitative estimate of drug-likeness (QED) is 0.762. The fourth-order valence-electron chi connectivity index (χ4n) is 1.61. The Morgan fingerprint density at radius 2 is 1.90 bits per heavy atom. The molecule has 110 valence electrons. The van der Waals surface area contributed by atoms with E-state index in [1.807, 2.05) is 13.8 Å². The van der Waals surface area contributed by atoms with Gasteiger partial charge in [0.25, 0.3) is 0 Å². The van der Waals surface area contributed by atoms with Gasteiger partial charge in [-0.25, -0.2) is 0 Å². The van der Waals surface area contributed by atoms with E-state index in [9.17, 15) is 9.59 Å². The number of benzene rings is 1. The summed E-state index contributed by atoms with van der Waals surface area (Å²) in [5.74, 6) is 0.0486. The summed E-state index contributed by atoms with van der Waals surface area (Å²) in [6, 6.07) is 4.38. The average Bonchev–Trinajstić information content (AvgIpc) is 2.37. The van der Waals surface area contributed by atoms with Crippen LogP contribution in [0.2, 0.25) is 0 Å². The summed E-state index contributed by atoms with van der Waals surface area (Å²) < 4.78 is 5.18. The average molecular weight is 279 g/mol. The van der Waals surface area contributed by atoms with Crippen molar-refractivity contribution in [3.63, 3.8) is 0 Å². The Hall–Kier alpha value is -2.08. The maximum atomic E-state index is 12.0. The number of nitrogens with one attached hydrogen (secondary N) is 2. The Balaban J connectivity index is 2.96. The van der Waals surface area contributed by atoms with E-state index in [4.69, 9.17) is 10.5 Å². The number of hydrogen-bond acceptors (Lipinski definition) is 4. The minimum absolute atomic E-state index is 0.0273. The molecule has 6 nitrogen and oxygen atoms in total. The maximum absolute atomic E-state index is 12.0. The van der Waals surface area contributed by atoms with E-state index in [0.717, 1.165) is 0 Å². The van der Waals surface area contributed by atoms with Crippen molar-refractivity contribution in [2.24, 2.45) is 11.7 Å². The SMILES string of the molecule is COc1ccc(NC(C)=O)cc1NC(=O)C(N)C(C)C. The van der Waals surface area contributed by atoms with Gasteiger partial charge in [0.1, 0.15) is 5.75 Å². The molecule has 1 aromatic carbocycles. The first-order valence-corrected chi connectivity index (χ1v) is 6.37.